The van der Waals surface area contributed by atoms with Crippen LogP contribution in [0.3, 0.4) is 0 Å². The average Bonchev–Trinajstić information content (AvgIpc) is 2.52. The number of aryl methyl sites for hydroxylation is 1. The van der Waals surface area contributed by atoms with Gasteiger partial charge in [-0.25, -0.2) is 0 Å². The van der Waals surface area contributed by atoms with Crippen LogP contribution in [0.15, 0.2) is 48.5 Å². The first-order chi connectivity index (χ1) is 10.3. The molecule has 21 heavy (non-hydrogen) atoms. The van der Waals surface area contributed by atoms with Gasteiger partial charge in [0.15, 0.2) is 0 Å². The first-order valence-corrected chi connectivity index (χ1v) is 7.63. The van der Waals surface area contributed by atoms with Crippen LogP contribution in [0.2, 0.25) is 0 Å². The zero-order valence-electron chi connectivity index (χ0n) is 13.2. The summed E-state index contributed by atoms with van der Waals surface area (Å²) in [5.74, 6) is 0. The van der Waals surface area contributed by atoms with Crippen molar-refractivity contribution in [1.82, 2.24) is 5.32 Å². The van der Waals surface area contributed by atoms with Crippen molar-refractivity contribution < 1.29 is 4.74 Å². The van der Waals surface area contributed by atoms with Crippen molar-refractivity contribution in [2.45, 2.75) is 26.3 Å². The zero-order valence-corrected chi connectivity index (χ0v) is 13.2. The number of benzene rings is 2. The normalized spacial score (nSPS) is 12.3. The molecule has 0 spiro atoms. The van der Waals surface area contributed by atoms with Crippen LogP contribution >= 0.6 is 0 Å². The molecule has 112 valence electrons. The second-order valence-corrected chi connectivity index (χ2v) is 5.33. The fourth-order valence-electron chi connectivity index (χ4n) is 2.62. The number of rotatable bonds is 7. The highest BCUT2D eigenvalue weighted by Crippen LogP contribution is 2.25. The highest BCUT2D eigenvalue weighted by atomic mass is 16.5. The molecule has 1 unspecified atom stereocenters. The van der Waals surface area contributed by atoms with E-state index >= 15 is 0 Å². The lowest BCUT2D eigenvalue weighted by atomic mass is 9.94. The summed E-state index contributed by atoms with van der Waals surface area (Å²) in [6, 6.07) is 17.7. The number of nitrogens with one attached hydrogen (secondary N) is 1. The van der Waals surface area contributed by atoms with Crippen molar-refractivity contribution in [1.29, 1.82) is 0 Å². The van der Waals surface area contributed by atoms with Gasteiger partial charge in [0, 0.05) is 7.11 Å². The average molecular weight is 283 g/mol. The Morgan fingerprint density at radius 1 is 1.05 bits per heavy atom. The summed E-state index contributed by atoms with van der Waals surface area (Å²) in [5, 5.41) is 3.59. The lowest BCUT2D eigenvalue weighted by Crippen LogP contribution is -2.22. The van der Waals surface area contributed by atoms with Crippen LogP contribution in [0.1, 0.15) is 35.2 Å². The minimum Gasteiger partial charge on any atom is -0.384 e. The maximum Gasteiger partial charge on any atom is 0.0579 e. The van der Waals surface area contributed by atoms with E-state index in [4.69, 9.17) is 4.74 Å². The highest BCUT2D eigenvalue weighted by molar-refractivity contribution is 5.37. The minimum absolute atomic E-state index is 0.257. The molecule has 2 aromatic rings. The molecule has 2 rings (SSSR count). The topological polar surface area (TPSA) is 21.3 Å². The molecule has 1 N–H and O–H groups in total. The van der Waals surface area contributed by atoms with Crippen LogP contribution in [-0.2, 0) is 11.2 Å². The van der Waals surface area contributed by atoms with Gasteiger partial charge in [-0.1, -0.05) is 55.5 Å². The predicted octanol–water partition coefficient (Wildman–Crippen LogP) is 3.88. The third kappa shape index (κ3) is 4.16. The third-order valence-electron chi connectivity index (χ3n) is 3.82. The number of methoxy groups -OCH3 is 1. The zero-order chi connectivity index (χ0) is 15.1. The molecule has 0 saturated carbocycles. The molecule has 0 aliphatic carbocycles. The molecule has 0 amide bonds. The van der Waals surface area contributed by atoms with Crippen molar-refractivity contribution >= 4 is 0 Å². The Kier molecular flexibility index (Phi) is 5.97. The van der Waals surface area contributed by atoms with Crippen molar-refractivity contribution in [2.24, 2.45) is 0 Å². The van der Waals surface area contributed by atoms with Crippen molar-refractivity contribution in [3.05, 3.63) is 70.8 Å². The van der Waals surface area contributed by atoms with Crippen molar-refractivity contribution in [2.75, 3.05) is 20.3 Å². The van der Waals surface area contributed by atoms with Gasteiger partial charge in [-0.15, -0.1) is 0 Å². The molecule has 2 nitrogen and oxygen atoms in total. The van der Waals surface area contributed by atoms with Gasteiger partial charge in [0.25, 0.3) is 0 Å². The highest BCUT2D eigenvalue weighted by Gasteiger charge is 2.14. The lowest BCUT2D eigenvalue weighted by Gasteiger charge is -2.21. The van der Waals surface area contributed by atoms with Crippen LogP contribution in [-0.4, -0.2) is 20.3 Å². The van der Waals surface area contributed by atoms with E-state index in [0.29, 0.717) is 0 Å². The Balaban J connectivity index is 2.24. The third-order valence-corrected chi connectivity index (χ3v) is 3.82. The molecular formula is C19H25NO. The van der Waals surface area contributed by atoms with Crippen LogP contribution in [0.25, 0.3) is 0 Å². The summed E-state index contributed by atoms with van der Waals surface area (Å²) >= 11 is 0. The SMILES string of the molecule is CCNC(c1ccc(CCOC)cc1)c1ccccc1C. The van der Waals surface area contributed by atoms with Gasteiger partial charge in [-0.05, 0) is 42.1 Å². The minimum atomic E-state index is 0.257. The Labute approximate surface area is 128 Å². The second-order valence-electron chi connectivity index (χ2n) is 5.33. The van der Waals surface area contributed by atoms with E-state index in [0.717, 1.165) is 19.6 Å². The Morgan fingerprint density at radius 2 is 1.76 bits per heavy atom. The first-order valence-electron chi connectivity index (χ1n) is 7.63. The maximum absolute atomic E-state index is 5.13. The lowest BCUT2D eigenvalue weighted by molar-refractivity contribution is 0.202. The molecule has 0 aliphatic heterocycles. The van der Waals surface area contributed by atoms with Crippen LogP contribution in [0.4, 0.5) is 0 Å². The molecule has 0 radical (unpaired) electrons. The first kappa shape index (κ1) is 15.7. The fraction of sp³-hybridized carbons (Fsp3) is 0.368. The van der Waals surface area contributed by atoms with Gasteiger partial charge in [0.2, 0.25) is 0 Å². The molecular weight excluding hydrogens is 258 g/mol. The summed E-state index contributed by atoms with van der Waals surface area (Å²) in [6.07, 6.45) is 0.965. The van der Waals surface area contributed by atoms with Gasteiger partial charge in [-0.3, -0.25) is 0 Å². The van der Waals surface area contributed by atoms with Crippen molar-refractivity contribution in [3.8, 4) is 0 Å². The van der Waals surface area contributed by atoms with E-state index in [1.54, 1.807) is 7.11 Å². The van der Waals surface area contributed by atoms with Crippen LogP contribution < -0.4 is 5.32 Å². The monoisotopic (exact) mass is 283 g/mol. The molecule has 0 bridgehead atoms. The molecule has 1 atom stereocenters. The summed E-state index contributed by atoms with van der Waals surface area (Å²) < 4.78 is 5.13. The number of hydrogen-bond donors (Lipinski definition) is 1. The maximum atomic E-state index is 5.13. The van der Waals surface area contributed by atoms with E-state index in [2.05, 4.69) is 67.7 Å². The second kappa shape index (κ2) is 7.96. The molecule has 0 aromatic heterocycles. The summed E-state index contributed by atoms with van der Waals surface area (Å²) in [6.45, 7) is 6.04. The Bertz CT molecular complexity index is 548. The molecule has 0 aliphatic rings. The summed E-state index contributed by atoms with van der Waals surface area (Å²) in [5.41, 5.74) is 5.31. The van der Waals surface area contributed by atoms with Crippen LogP contribution in [0, 0.1) is 6.92 Å². The van der Waals surface area contributed by atoms with Crippen LogP contribution in [0.5, 0.6) is 0 Å². The quantitative estimate of drug-likeness (QED) is 0.832. The standard InChI is InChI=1S/C19H25NO/c1-4-20-19(18-8-6-5-7-15(18)2)17-11-9-16(10-12-17)13-14-21-3/h5-12,19-20H,4,13-14H2,1-3H3. The molecule has 2 aromatic carbocycles. The largest absolute Gasteiger partial charge is 0.384 e. The number of hydrogen-bond acceptors (Lipinski definition) is 2. The molecule has 0 fully saturated rings. The Morgan fingerprint density at radius 3 is 2.38 bits per heavy atom. The summed E-state index contributed by atoms with van der Waals surface area (Å²) in [4.78, 5) is 0. The van der Waals surface area contributed by atoms with E-state index in [9.17, 15) is 0 Å². The smallest absolute Gasteiger partial charge is 0.0579 e. The Hall–Kier alpha value is -1.64. The molecule has 2 heteroatoms. The fourth-order valence-corrected chi connectivity index (χ4v) is 2.62. The van der Waals surface area contributed by atoms with E-state index in [1.165, 1.54) is 22.3 Å². The van der Waals surface area contributed by atoms with E-state index in [-0.39, 0.29) is 6.04 Å². The van der Waals surface area contributed by atoms with Gasteiger partial charge in [0.05, 0.1) is 12.6 Å². The predicted molar refractivity (Wildman–Crippen MR) is 88.7 cm³/mol. The van der Waals surface area contributed by atoms with E-state index < -0.39 is 0 Å². The van der Waals surface area contributed by atoms with Gasteiger partial charge < -0.3 is 10.1 Å². The van der Waals surface area contributed by atoms with Gasteiger partial charge >= 0.3 is 0 Å². The summed E-state index contributed by atoms with van der Waals surface area (Å²) in [7, 11) is 1.74. The van der Waals surface area contributed by atoms with Crippen molar-refractivity contribution in [3.63, 3.8) is 0 Å². The van der Waals surface area contributed by atoms with Gasteiger partial charge in [-0.2, -0.15) is 0 Å². The van der Waals surface area contributed by atoms with E-state index in [1.807, 2.05) is 0 Å². The van der Waals surface area contributed by atoms with Gasteiger partial charge in [0.1, 0.15) is 0 Å². The number of ether oxygens (including phenoxy) is 1. The molecule has 0 heterocycles. The molecule has 0 saturated heterocycles.